The van der Waals surface area contributed by atoms with Gasteiger partial charge in [-0.3, -0.25) is 9.59 Å². The number of rotatable bonds is 6. The van der Waals surface area contributed by atoms with E-state index in [1.54, 1.807) is 6.92 Å². The van der Waals surface area contributed by atoms with Crippen LogP contribution in [0.2, 0.25) is 0 Å². The van der Waals surface area contributed by atoms with Crippen LogP contribution in [0.4, 0.5) is 5.69 Å². The van der Waals surface area contributed by atoms with Crippen LogP contribution in [-0.4, -0.2) is 35.3 Å². The minimum atomic E-state index is 0.0460. The first-order valence-electron chi connectivity index (χ1n) is 8.35. The highest BCUT2D eigenvalue weighted by Crippen LogP contribution is 2.15. The van der Waals surface area contributed by atoms with Crippen LogP contribution in [0.25, 0.3) is 0 Å². The zero-order valence-corrected chi connectivity index (χ0v) is 14.3. The molecule has 1 saturated heterocycles. The summed E-state index contributed by atoms with van der Waals surface area (Å²) in [4.78, 5) is 25.5. The zero-order valence-electron chi connectivity index (χ0n) is 14.3. The van der Waals surface area contributed by atoms with E-state index in [2.05, 4.69) is 10.6 Å². The molecule has 1 unspecified atom stereocenters. The van der Waals surface area contributed by atoms with Crippen molar-refractivity contribution in [3.63, 3.8) is 0 Å². The summed E-state index contributed by atoms with van der Waals surface area (Å²) in [6.45, 7) is 7.20. The SMILES string of the molecule is CC(=O)N(Cc1ccc(NC(=O)CC2CCCN2)cc1)C(C)C. The average molecular weight is 317 g/mol. The van der Waals surface area contributed by atoms with Gasteiger partial charge in [-0.15, -0.1) is 0 Å². The van der Waals surface area contributed by atoms with Gasteiger partial charge in [0.05, 0.1) is 0 Å². The summed E-state index contributed by atoms with van der Waals surface area (Å²) >= 11 is 0. The van der Waals surface area contributed by atoms with Crippen molar-refractivity contribution < 1.29 is 9.59 Å². The van der Waals surface area contributed by atoms with Gasteiger partial charge in [-0.05, 0) is 50.9 Å². The lowest BCUT2D eigenvalue weighted by atomic mass is 10.1. The smallest absolute Gasteiger partial charge is 0.225 e. The van der Waals surface area contributed by atoms with Gasteiger partial charge in [-0.1, -0.05) is 12.1 Å². The van der Waals surface area contributed by atoms with Gasteiger partial charge in [0.1, 0.15) is 0 Å². The van der Waals surface area contributed by atoms with Crippen molar-refractivity contribution in [2.24, 2.45) is 0 Å². The molecule has 1 aliphatic rings. The van der Waals surface area contributed by atoms with E-state index >= 15 is 0 Å². The molecule has 1 aliphatic heterocycles. The Labute approximate surface area is 138 Å². The molecule has 0 radical (unpaired) electrons. The maximum atomic E-state index is 12.0. The Balaban J connectivity index is 1.88. The third-order valence-electron chi connectivity index (χ3n) is 4.21. The highest BCUT2D eigenvalue weighted by Gasteiger charge is 2.17. The lowest BCUT2D eigenvalue weighted by Crippen LogP contribution is -2.34. The largest absolute Gasteiger partial charge is 0.336 e. The predicted molar refractivity (Wildman–Crippen MR) is 92.1 cm³/mol. The van der Waals surface area contributed by atoms with Crippen molar-refractivity contribution in [3.05, 3.63) is 29.8 Å². The van der Waals surface area contributed by atoms with E-state index in [1.165, 1.54) is 0 Å². The standard InChI is InChI=1S/C18H27N3O2/c1-13(2)21(14(3)22)12-15-6-8-16(9-7-15)20-18(23)11-17-5-4-10-19-17/h6-9,13,17,19H,4-5,10-12H2,1-3H3,(H,20,23). The van der Waals surface area contributed by atoms with Crippen LogP contribution in [0.1, 0.15) is 45.6 Å². The third-order valence-corrected chi connectivity index (χ3v) is 4.21. The number of hydrogen-bond donors (Lipinski definition) is 2. The summed E-state index contributed by atoms with van der Waals surface area (Å²) in [7, 11) is 0. The number of nitrogens with one attached hydrogen (secondary N) is 2. The van der Waals surface area contributed by atoms with Gasteiger partial charge < -0.3 is 15.5 Å². The maximum absolute atomic E-state index is 12.0. The number of amides is 2. The van der Waals surface area contributed by atoms with Crippen molar-refractivity contribution in [1.82, 2.24) is 10.2 Å². The molecule has 1 aromatic rings. The number of carbonyl (C=O) groups is 2. The van der Waals surface area contributed by atoms with E-state index in [0.717, 1.165) is 30.6 Å². The Kier molecular flexibility index (Phi) is 6.16. The van der Waals surface area contributed by atoms with E-state index in [1.807, 2.05) is 43.0 Å². The summed E-state index contributed by atoms with van der Waals surface area (Å²) in [6, 6.07) is 8.20. The molecule has 23 heavy (non-hydrogen) atoms. The summed E-state index contributed by atoms with van der Waals surface area (Å²) in [6.07, 6.45) is 2.74. The first-order valence-corrected chi connectivity index (χ1v) is 8.35. The molecule has 5 nitrogen and oxygen atoms in total. The second-order valence-electron chi connectivity index (χ2n) is 6.48. The van der Waals surface area contributed by atoms with Crippen molar-refractivity contribution in [2.75, 3.05) is 11.9 Å². The molecule has 0 bridgehead atoms. The average Bonchev–Trinajstić information content (AvgIpc) is 2.98. The molecule has 2 rings (SSSR count). The minimum Gasteiger partial charge on any atom is -0.336 e. The topological polar surface area (TPSA) is 61.4 Å². The van der Waals surface area contributed by atoms with Gasteiger partial charge in [0.25, 0.3) is 0 Å². The molecule has 126 valence electrons. The fraction of sp³-hybridized carbons (Fsp3) is 0.556. The van der Waals surface area contributed by atoms with E-state index < -0.39 is 0 Å². The molecule has 1 heterocycles. The first kappa shape index (κ1) is 17.5. The molecule has 1 fully saturated rings. The number of nitrogens with zero attached hydrogens (tertiary/aromatic N) is 1. The summed E-state index contributed by atoms with van der Waals surface area (Å²) < 4.78 is 0. The number of anilines is 1. The normalized spacial score (nSPS) is 17.3. The van der Waals surface area contributed by atoms with E-state index in [9.17, 15) is 9.59 Å². The quantitative estimate of drug-likeness (QED) is 0.847. The van der Waals surface area contributed by atoms with E-state index in [-0.39, 0.29) is 17.9 Å². The molecular formula is C18H27N3O2. The molecule has 0 saturated carbocycles. The lowest BCUT2D eigenvalue weighted by Gasteiger charge is -2.25. The van der Waals surface area contributed by atoms with Crippen LogP contribution in [0.5, 0.6) is 0 Å². The predicted octanol–water partition coefficient (Wildman–Crippen LogP) is 2.52. The highest BCUT2D eigenvalue weighted by atomic mass is 16.2. The van der Waals surface area contributed by atoms with Crippen LogP contribution in [0.3, 0.4) is 0 Å². The monoisotopic (exact) mass is 317 g/mol. The molecule has 2 amide bonds. The van der Waals surface area contributed by atoms with Crippen LogP contribution in [0.15, 0.2) is 24.3 Å². The summed E-state index contributed by atoms with van der Waals surface area (Å²) in [5.74, 6) is 0.117. The highest BCUT2D eigenvalue weighted by molar-refractivity contribution is 5.91. The van der Waals surface area contributed by atoms with Crippen molar-refractivity contribution in [2.45, 2.75) is 58.7 Å². The molecule has 5 heteroatoms. The Morgan fingerprint density at radius 2 is 2.00 bits per heavy atom. The lowest BCUT2D eigenvalue weighted by molar-refractivity contribution is -0.131. The van der Waals surface area contributed by atoms with Crippen LogP contribution in [0, 0.1) is 0 Å². The second-order valence-corrected chi connectivity index (χ2v) is 6.48. The maximum Gasteiger partial charge on any atom is 0.225 e. The molecule has 1 aromatic carbocycles. The van der Waals surface area contributed by atoms with Crippen LogP contribution in [-0.2, 0) is 16.1 Å². The first-order chi connectivity index (χ1) is 11.0. The Morgan fingerprint density at radius 1 is 1.30 bits per heavy atom. The molecule has 1 atom stereocenters. The molecule has 0 spiro atoms. The van der Waals surface area contributed by atoms with Gasteiger partial charge in [0.15, 0.2) is 0 Å². The molecule has 2 N–H and O–H groups in total. The summed E-state index contributed by atoms with van der Waals surface area (Å²) in [5.41, 5.74) is 1.86. The van der Waals surface area contributed by atoms with Crippen LogP contribution < -0.4 is 10.6 Å². The van der Waals surface area contributed by atoms with Gasteiger partial charge >= 0.3 is 0 Å². The van der Waals surface area contributed by atoms with Crippen molar-refractivity contribution in [1.29, 1.82) is 0 Å². The molecule has 0 aromatic heterocycles. The van der Waals surface area contributed by atoms with Gasteiger partial charge in [0.2, 0.25) is 11.8 Å². The minimum absolute atomic E-state index is 0.0460. The second kappa shape index (κ2) is 8.11. The number of benzene rings is 1. The fourth-order valence-electron chi connectivity index (χ4n) is 2.91. The fourth-order valence-corrected chi connectivity index (χ4v) is 2.91. The third kappa shape index (κ3) is 5.36. The zero-order chi connectivity index (χ0) is 16.8. The Hall–Kier alpha value is -1.88. The van der Waals surface area contributed by atoms with Crippen molar-refractivity contribution >= 4 is 17.5 Å². The molecular weight excluding hydrogens is 290 g/mol. The number of hydrogen-bond acceptors (Lipinski definition) is 3. The van der Waals surface area contributed by atoms with E-state index in [0.29, 0.717) is 19.0 Å². The molecule has 0 aliphatic carbocycles. The van der Waals surface area contributed by atoms with E-state index in [4.69, 9.17) is 0 Å². The van der Waals surface area contributed by atoms with Gasteiger partial charge in [-0.25, -0.2) is 0 Å². The van der Waals surface area contributed by atoms with Crippen LogP contribution >= 0.6 is 0 Å². The van der Waals surface area contributed by atoms with Gasteiger partial charge in [0, 0.05) is 37.7 Å². The van der Waals surface area contributed by atoms with Gasteiger partial charge in [-0.2, -0.15) is 0 Å². The Bertz CT molecular complexity index is 534. The van der Waals surface area contributed by atoms with Crippen molar-refractivity contribution in [3.8, 4) is 0 Å². The number of carbonyl (C=O) groups excluding carboxylic acids is 2. The Morgan fingerprint density at radius 3 is 2.52 bits per heavy atom. The summed E-state index contributed by atoms with van der Waals surface area (Å²) in [5, 5.41) is 6.26.